The Morgan fingerprint density at radius 1 is 0.955 bits per heavy atom. The molecule has 118 valence electrons. The van der Waals surface area contributed by atoms with Crippen LogP contribution in [0.25, 0.3) is 0 Å². The summed E-state index contributed by atoms with van der Waals surface area (Å²) >= 11 is 11.5. The number of hydrogen-bond donors (Lipinski definition) is 1. The molecule has 2 aromatic rings. The van der Waals surface area contributed by atoms with Crippen LogP contribution in [0.4, 0.5) is 18.9 Å². The van der Waals surface area contributed by atoms with Crippen molar-refractivity contribution in [2.75, 3.05) is 5.73 Å². The van der Waals surface area contributed by atoms with Crippen LogP contribution in [0, 0.1) is 0 Å². The number of nitrogens with two attached hydrogens (primary N) is 1. The van der Waals surface area contributed by atoms with Gasteiger partial charge in [0.05, 0.1) is 31.1 Å². The summed E-state index contributed by atoms with van der Waals surface area (Å²) in [5.74, 6) is 0. The molecule has 0 aliphatic carbocycles. The van der Waals surface area contributed by atoms with Crippen molar-refractivity contribution in [1.29, 1.82) is 0 Å². The molecule has 0 unspecified atom stereocenters. The summed E-state index contributed by atoms with van der Waals surface area (Å²) in [6.45, 7) is 0. The lowest BCUT2D eigenvalue weighted by Crippen LogP contribution is -2.10. The zero-order valence-electron chi connectivity index (χ0n) is 10.7. The van der Waals surface area contributed by atoms with E-state index in [1.165, 1.54) is 12.1 Å². The Labute approximate surface area is 134 Å². The fourth-order valence-corrected chi connectivity index (χ4v) is 3.49. The van der Waals surface area contributed by atoms with Crippen LogP contribution in [0.2, 0.25) is 10.0 Å². The van der Waals surface area contributed by atoms with Gasteiger partial charge in [-0.2, -0.15) is 13.2 Å². The Balaban J connectivity index is 2.57. The monoisotopic (exact) mass is 369 g/mol. The highest BCUT2D eigenvalue weighted by molar-refractivity contribution is 7.91. The van der Waals surface area contributed by atoms with Crippen molar-refractivity contribution in [3.8, 4) is 0 Å². The number of nitrogen functional groups attached to an aromatic ring is 1. The van der Waals surface area contributed by atoms with Gasteiger partial charge in [0.15, 0.2) is 0 Å². The molecule has 0 bridgehead atoms. The lowest BCUT2D eigenvalue weighted by atomic mass is 10.2. The van der Waals surface area contributed by atoms with Gasteiger partial charge in [-0.25, -0.2) is 8.42 Å². The van der Waals surface area contributed by atoms with Crippen molar-refractivity contribution >= 4 is 38.7 Å². The molecule has 0 spiro atoms. The predicted molar refractivity (Wildman–Crippen MR) is 77.8 cm³/mol. The van der Waals surface area contributed by atoms with Crippen LogP contribution in [0.3, 0.4) is 0 Å². The SMILES string of the molecule is Nc1cc(C(F)(F)F)ccc1S(=O)(=O)c1ccc(Cl)c(Cl)c1. The topological polar surface area (TPSA) is 60.2 Å². The molecule has 0 saturated heterocycles. The number of anilines is 1. The van der Waals surface area contributed by atoms with E-state index in [0.29, 0.717) is 12.1 Å². The van der Waals surface area contributed by atoms with Crippen molar-refractivity contribution in [1.82, 2.24) is 0 Å². The lowest BCUT2D eigenvalue weighted by Gasteiger charge is -2.12. The minimum absolute atomic E-state index is 0.00762. The molecule has 0 amide bonds. The third-order valence-electron chi connectivity index (χ3n) is 2.83. The van der Waals surface area contributed by atoms with Crippen molar-refractivity contribution in [2.45, 2.75) is 16.0 Å². The van der Waals surface area contributed by atoms with E-state index in [4.69, 9.17) is 28.9 Å². The van der Waals surface area contributed by atoms with E-state index in [1.807, 2.05) is 0 Å². The Morgan fingerprint density at radius 2 is 1.59 bits per heavy atom. The number of alkyl halides is 3. The van der Waals surface area contributed by atoms with Crippen LogP contribution in [0.5, 0.6) is 0 Å². The maximum Gasteiger partial charge on any atom is 0.416 e. The van der Waals surface area contributed by atoms with Crippen LogP contribution >= 0.6 is 23.2 Å². The first kappa shape index (κ1) is 16.9. The predicted octanol–water partition coefficient (Wildman–Crippen LogP) is 4.43. The summed E-state index contributed by atoms with van der Waals surface area (Å²) in [6.07, 6.45) is -4.61. The Bertz CT molecular complexity index is 836. The molecule has 3 nitrogen and oxygen atoms in total. The Kier molecular flexibility index (Phi) is 4.34. The molecule has 0 heterocycles. The van der Waals surface area contributed by atoms with Crippen molar-refractivity contribution in [3.63, 3.8) is 0 Å². The molecule has 0 aliphatic rings. The minimum atomic E-state index is -4.61. The van der Waals surface area contributed by atoms with Gasteiger partial charge < -0.3 is 5.73 Å². The summed E-state index contributed by atoms with van der Waals surface area (Å²) in [5.41, 5.74) is 3.94. The van der Waals surface area contributed by atoms with E-state index in [0.717, 1.165) is 12.1 Å². The molecule has 2 aromatic carbocycles. The molecule has 2 N–H and O–H groups in total. The standard InChI is InChI=1S/C13H8Cl2F3NO2S/c14-9-3-2-8(6-10(9)15)22(20,21)12-4-1-7(5-11(12)19)13(16,17)18/h1-6H,19H2. The van der Waals surface area contributed by atoms with Crippen molar-refractivity contribution in [3.05, 3.63) is 52.0 Å². The highest BCUT2D eigenvalue weighted by atomic mass is 35.5. The molecular formula is C13H8Cl2F3NO2S. The Morgan fingerprint density at radius 3 is 2.09 bits per heavy atom. The quantitative estimate of drug-likeness (QED) is 0.796. The molecule has 2 rings (SSSR count). The fraction of sp³-hybridized carbons (Fsp3) is 0.0769. The van der Waals surface area contributed by atoms with E-state index in [1.54, 1.807) is 0 Å². The van der Waals surface area contributed by atoms with E-state index in [2.05, 4.69) is 0 Å². The van der Waals surface area contributed by atoms with Crippen LogP contribution in [-0.4, -0.2) is 8.42 Å². The first-order valence-corrected chi connectivity index (χ1v) is 7.94. The second kappa shape index (κ2) is 5.64. The summed E-state index contributed by atoms with van der Waals surface area (Å²) in [7, 11) is -4.11. The van der Waals surface area contributed by atoms with Gasteiger partial charge in [0.2, 0.25) is 9.84 Å². The Hall–Kier alpha value is -1.44. The number of rotatable bonds is 2. The lowest BCUT2D eigenvalue weighted by molar-refractivity contribution is -0.137. The minimum Gasteiger partial charge on any atom is -0.398 e. The zero-order valence-corrected chi connectivity index (χ0v) is 13.0. The molecule has 9 heteroatoms. The second-order valence-corrected chi connectivity index (χ2v) is 7.06. The average Bonchev–Trinajstić information content (AvgIpc) is 2.40. The molecule has 0 atom stereocenters. The number of sulfone groups is 1. The highest BCUT2D eigenvalue weighted by Crippen LogP contribution is 2.35. The van der Waals surface area contributed by atoms with Gasteiger partial charge in [-0.05, 0) is 36.4 Å². The molecule has 22 heavy (non-hydrogen) atoms. The van der Waals surface area contributed by atoms with Gasteiger partial charge >= 0.3 is 6.18 Å². The van der Waals surface area contributed by atoms with Crippen LogP contribution in [0.1, 0.15) is 5.56 Å². The maximum atomic E-state index is 12.6. The highest BCUT2D eigenvalue weighted by Gasteiger charge is 2.32. The molecule has 0 saturated carbocycles. The summed E-state index contributed by atoms with van der Waals surface area (Å²) < 4.78 is 62.6. The smallest absolute Gasteiger partial charge is 0.398 e. The van der Waals surface area contributed by atoms with Crippen LogP contribution in [0.15, 0.2) is 46.2 Å². The van der Waals surface area contributed by atoms with E-state index in [-0.39, 0.29) is 14.9 Å². The largest absolute Gasteiger partial charge is 0.416 e. The van der Waals surface area contributed by atoms with Gasteiger partial charge in [-0.3, -0.25) is 0 Å². The molecule has 0 aliphatic heterocycles. The number of benzene rings is 2. The number of hydrogen-bond acceptors (Lipinski definition) is 3. The van der Waals surface area contributed by atoms with Gasteiger partial charge in [-0.15, -0.1) is 0 Å². The fourth-order valence-electron chi connectivity index (χ4n) is 1.74. The zero-order chi connectivity index (χ0) is 16.7. The molecular weight excluding hydrogens is 362 g/mol. The van der Waals surface area contributed by atoms with Crippen molar-refractivity contribution < 1.29 is 21.6 Å². The van der Waals surface area contributed by atoms with Crippen molar-refractivity contribution in [2.24, 2.45) is 0 Å². The van der Waals surface area contributed by atoms with E-state index < -0.39 is 32.2 Å². The second-order valence-electron chi connectivity index (χ2n) is 4.33. The maximum absolute atomic E-state index is 12.6. The van der Waals surface area contributed by atoms with Gasteiger partial charge in [0.25, 0.3) is 0 Å². The van der Waals surface area contributed by atoms with Crippen LogP contribution in [-0.2, 0) is 16.0 Å². The number of halogens is 5. The van der Waals surface area contributed by atoms with Crippen LogP contribution < -0.4 is 5.73 Å². The third kappa shape index (κ3) is 3.16. The first-order chi connectivity index (χ1) is 10.0. The summed E-state index contributed by atoms with van der Waals surface area (Å²) in [5, 5.41) is 0.161. The first-order valence-electron chi connectivity index (χ1n) is 5.70. The normalized spacial score (nSPS) is 12.4. The van der Waals surface area contributed by atoms with Gasteiger partial charge in [0.1, 0.15) is 0 Å². The van der Waals surface area contributed by atoms with Gasteiger partial charge in [-0.1, -0.05) is 23.2 Å². The average molecular weight is 370 g/mol. The van der Waals surface area contributed by atoms with E-state index in [9.17, 15) is 21.6 Å². The molecule has 0 aromatic heterocycles. The molecule has 0 fully saturated rings. The molecule has 0 radical (unpaired) electrons. The summed E-state index contributed by atoms with van der Waals surface area (Å²) in [6, 6.07) is 5.62. The summed E-state index contributed by atoms with van der Waals surface area (Å²) in [4.78, 5) is -0.646. The third-order valence-corrected chi connectivity index (χ3v) is 5.39. The van der Waals surface area contributed by atoms with E-state index >= 15 is 0 Å². The van der Waals surface area contributed by atoms with Gasteiger partial charge in [0, 0.05) is 0 Å².